The van der Waals surface area contributed by atoms with Crippen LogP contribution in [0.1, 0.15) is 40.5 Å². The highest BCUT2D eigenvalue weighted by atomic mass is 79.9. The van der Waals surface area contributed by atoms with Gasteiger partial charge in [0.2, 0.25) is 0 Å². The molecule has 32 heavy (non-hydrogen) atoms. The van der Waals surface area contributed by atoms with Gasteiger partial charge in [-0.15, -0.1) is 0 Å². The zero-order valence-electron chi connectivity index (χ0n) is 17.0. The number of hydrogen-bond acceptors (Lipinski definition) is 4. The van der Waals surface area contributed by atoms with E-state index < -0.39 is 17.6 Å². The predicted molar refractivity (Wildman–Crippen MR) is 117 cm³/mol. The fourth-order valence-corrected chi connectivity index (χ4v) is 4.11. The van der Waals surface area contributed by atoms with Crippen LogP contribution in [0.15, 0.2) is 63.6 Å². The van der Waals surface area contributed by atoms with E-state index in [0.717, 1.165) is 48.1 Å². The summed E-state index contributed by atoms with van der Waals surface area (Å²) in [6.45, 7) is 1.71. The number of hydrogen-bond donors (Lipinski definition) is 1. The molecule has 3 aromatic rings. The van der Waals surface area contributed by atoms with Crippen LogP contribution in [0.2, 0.25) is 0 Å². The lowest BCUT2D eigenvalue weighted by Crippen LogP contribution is -2.37. The third-order valence-corrected chi connectivity index (χ3v) is 6.04. The Labute approximate surface area is 191 Å². The van der Waals surface area contributed by atoms with E-state index in [1.54, 1.807) is 12.1 Å². The number of likely N-dealkylation sites (tertiary alicyclic amines) is 1. The second-order valence-electron chi connectivity index (χ2n) is 7.68. The Balaban J connectivity index is 1.49. The molecule has 1 amide bonds. The van der Waals surface area contributed by atoms with Gasteiger partial charge in [0.1, 0.15) is 0 Å². The van der Waals surface area contributed by atoms with E-state index in [4.69, 9.17) is 4.52 Å². The topological polar surface area (TPSA) is 58.4 Å². The minimum absolute atomic E-state index is 0.118. The molecule has 5 nitrogen and oxygen atoms in total. The monoisotopic (exact) mass is 507 g/mol. The first-order valence-corrected chi connectivity index (χ1v) is 11.0. The van der Waals surface area contributed by atoms with E-state index in [0.29, 0.717) is 11.3 Å². The fraction of sp³-hybridized carbons (Fsp3) is 0.304. The molecule has 1 N–H and O–H groups in total. The lowest BCUT2D eigenvalue weighted by atomic mass is 10.0. The van der Waals surface area contributed by atoms with E-state index in [2.05, 4.69) is 31.3 Å². The third-order valence-electron chi connectivity index (χ3n) is 5.51. The first kappa shape index (κ1) is 22.5. The number of nitrogens with one attached hydrogen (secondary N) is 1. The Bertz CT molecular complexity index is 1080. The molecule has 4 rings (SSSR count). The summed E-state index contributed by atoms with van der Waals surface area (Å²) in [7, 11) is 0. The summed E-state index contributed by atoms with van der Waals surface area (Å²) in [6.07, 6.45) is -2.47. The molecular weight excluding hydrogens is 487 g/mol. The number of alkyl halides is 3. The van der Waals surface area contributed by atoms with E-state index in [9.17, 15) is 18.0 Å². The van der Waals surface area contributed by atoms with Gasteiger partial charge in [-0.3, -0.25) is 9.69 Å². The second kappa shape index (κ2) is 9.46. The van der Waals surface area contributed by atoms with Crippen LogP contribution in [0.3, 0.4) is 0 Å². The number of carbonyl (C=O) groups excluding carboxylic acids is 1. The van der Waals surface area contributed by atoms with Gasteiger partial charge >= 0.3 is 6.18 Å². The highest BCUT2D eigenvalue weighted by molar-refractivity contribution is 9.10. The molecule has 0 aliphatic carbocycles. The smallest absolute Gasteiger partial charge is 0.355 e. The van der Waals surface area contributed by atoms with Crippen molar-refractivity contribution in [2.45, 2.75) is 25.1 Å². The summed E-state index contributed by atoms with van der Waals surface area (Å²) >= 11 is 3.37. The van der Waals surface area contributed by atoms with Crippen molar-refractivity contribution in [3.05, 3.63) is 75.9 Å². The van der Waals surface area contributed by atoms with E-state index in [1.807, 2.05) is 24.3 Å². The maximum absolute atomic E-state index is 13.2. The molecule has 0 unspecified atom stereocenters. The molecule has 168 valence electrons. The summed E-state index contributed by atoms with van der Waals surface area (Å²) in [5, 5.41) is 6.66. The van der Waals surface area contributed by atoms with Crippen molar-refractivity contribution in [2.24, 2.45) is 0 Å². The standard InChI is InChI=1S/C23H21BrF3N3O2/c24-18-8-6-15(7-9-18)21-13-19(29-32-21)22(31)28-14-20(30-10-1-2-11-30)16-4-3-5-17(12-16)23(25,26)27/h3-9,12-13,20H,1-2,10-11,14H2,(H,28,31)/t20-/m1/s1. The average Bonchev–Trinajstić information content (AvgIpc) is 3.47. The lowest BCUT2D eigenvalue weighted by molar-refractivity contribution is -0.137. The number of nitrogens with zero attached hydrogens (tertiary/aromatic N) is 2. The summed E-state index contributed by atoms with van der Waals surface area (Å²) in [5.41, 5.74) is 0.727. The van der Waals surface area contributed by atoms with Crippen molar-refractivity contribution in [3.63, 3.8) is 0 Å². The maximum atomic E-state index is 13.2. The third kappa shape index (κ3) is 5.21. The average molecular weight is 508 g/mol. The van der Waals surface area contributed by atoms with Gasteiger partial charge in [0.25, 0.3) is 5.91 Å². The van der Waals surface area contributed by atoms with Crippen LogP contribution in [-0.4, -0.2) is 35.6 Å². The quantitative estimate of drug-likeness (QED) is 0.465. The Morgan fingerprint density at radius 1 is 1.12 bits per heavy atom. The van der Waals surface area contributed by atoms with Crippen molar-refractivity contribution >= 4 is 21.8 Å². The molecule has 0 radical (unpaired) electrons. The summed E-state index contributed by atoms with van der Waals surface area (Å²) in [5.74, 6) is 0.0184. The van der Waals surface area contributed by atoms with Gasteiger partial charge in [0, 0.05) is 22.6 Å². The van der Waals surface area contributed by atoms with Crippen molar-refractivity contribution in [1.29, 1.82) is 0 Å². The van der Waals surface area contributed by atoms with Gasteiger partial charge < -0.3 is 9.84 Å². The maximum Gasteiger partial charge on any atom is 0.416 e. The molecule has 1 saturated heterocycles. The molecule has 1 aromatic heterocycles. The molecule has 0 bridgehead atoms. The molecule has 0 spiro atoms. The Hall–Kier alpha value is -2.65. The van der Waals surface area contributed by atoms with Gasteiger partial charge in [-0.05, 0) is 55.8 Å². The minimum atomic E-state index is -4.42. The number of carbonyl (C=O) groups is 1. The van der Waals surface area contributed by atoms with E-state index in [1.165, 1.54) is 6.07 Å². The zero-order valence-corrected chi connectivity index (χ0v) is 18.6. The molecule has 1 fully saturated rings. The van der Waals surface area contributed by atoms with Gasteiger partial charge in [-0.1, -0.05) is 45.4 Å². The fourth-order valence-electron chi connectivity index (χ4n) is 3.85. The first-order valence-electron chi connectivity index (χ1n) is 10.2. The number of amides is 1. The molecule has 1 aliphatic rings. The van der Waals surface area contributed by atoms with E-state index in [-0.39, 0.29) is 18.3 Å². The summed E-state index contributed by atoms with van der Waals surface area (Å²) in [4.78, 5) is 14.8. The first-order chi connectivity index (χ1) is 15.3. The van der Waals surface area contributed by atoms with Crippen molar-refractivity contribution in [3.8, 4) is 11.3 Å². The summed E-state index contributed by atoms with van der Waals surface area (Å²) in [6, 6.07) is 13.9. The van der Waals surface area contributed by atoms with Crippen molar-refractivity contribution < 1.29 is 22.5 Å². The molecule has 1 atom stereocenters. The molecule has 2 aromatic carbocycles. The van der Waals surface area contributed by atoms with Crippen molar-refractivity contribution in [1.82, 2.24) is 15.4 Å². The van der Waals surface area contributed by atoms with Crippen LogP contribution in [0.5, 0.6) is 0 Å². The van der Waals surface area contributed by atoms with Crippen molar-refractivity contribution in [2.75, 3.05) is 19.6 Å². The van der Waals surface area contributed by atoms with Crippen LogP contribution in [0.4, 0.5) is 13.2 Å². The van der Waals surface area contributed by atoms with Gasteiger partial charge in [-0.25, -0.2) is 0 Å². The Morgan fingerprint density at radius 2 is 1.84 bits per heavy atom. The van der Waals surface area contributed by atoms with Crippen LogP contribution in [0, 0.1) is 0 Å². The number of halogens is 4. The van der Waals surface area contributed by atoms with Gasteiger partial charge in [-0.2, -0.15) is 13.2 Å². The Kier molecular flexibility index (Phi) is 6.66. The number of aromatic nitrogens is 1. The zero-order chi connectivity index (χ0) is 22.7. The Morgan fingerprint density at radius 3 is 2.53 bits per heavy atom. The highest BCUT2D eigenvalue weighted by Crippen LogP contribution is 2.33. The molecule has 0 saturated carbocycles. The van der Waals surface area contributed by atoms with Crippen LogP contribution >= 0.6 is 15.9 Å². The summed E-state index contributed by atoms with van der Waals surface area (Å²) < 4.78 is 45.8. The molecule has 1 aliphatic heterocycles. The number of benzene rings is 2. The van der Waals surface area contributed by atoms with Gasteiger partial charge in [0.05, 0.1) is 11.6 Å². The van der Waals surface area contributed by atoms with Crippen LogP contribution in [0.25, 0.3) is 11.3 Å². The van der Waals surface area contributed by atoms with Crippen LogP contribution < -0.4 is 5.32 Å². The minimum Gasteiger partial charge on any atom is -0.355 e. The van der Waals surface area contributed by atoms with Gasteiger partial charge in [0.15, 0.2) is 11.5 Å². The van der Waals surface area contributed by atoms with E-state index >= 15 is 0 Å². The molecule has 9 heteroatoms. The number of rotatable bonds is 6. The SMILES string of the molecule is O=C(NC[C@H](c1cccc(C(F)(F)F)c1)N1CCCC1)c1cc(-c2ccc(Br)cc2)on1. The predicted octanol–water partition coefficient (Wildman–Crippen LogP) is 5.69. The molecular formula is C23H21BrF3N3O2. The molecule has 2 heterocycles. The second-order valence-corrected chi connectivity index (χ2v) is 8.59. The highest BCUT2D eigenvalue weighted by Gasteiger charge is 2.32. The normalized spacial score (nSPS) is 15.6. The van der Waals surface area contributed by atoms with Crippen LogP contribution in [-0.2, 0) is 6.18 Å². The lowest BCUT2D eigenvalue weighted by Gasteiger charge is -2.28. The largest absolute Gasteiger partial charge is 0.416 e.